The van der Waals surface area contributed by atoms with Crippen LogP contribution in [0.2, 0.25) is 0 Å². The molecule has 8 heteroatoms. The molecule has 2 aliphatic heterocycles. The maximum atomic E-state index is 11.8. The molecule has 2 aliphatic rings. The molecule has 0 unspecified atom stereocenters. The van der Waals surface area contributed by atoms with E-state index < -0.39 is 9.84 Å². The highest BCUT2D eigenvalue weighted by atomic mass is 32.2. The Bertz CT molecular complexity index is 973. The van der Waals surface area contributed by atoms with Crippen molar-refractivity contribution in [2.75, 3.05) is 24.6 Å². The number of rotatable bonds is 5. The van der Waals surface area contributed by atoms with E-state index in [0.717, 1.165) is 37.9 Å². The van der Waals surface area contributed by atoms with Crippen LogP contribution >= 0.6 is 12.2 Å². The summed E-state index contributed by atoms with van der Waals surface area (Å²) in [5, 5.41) is 4.73. The molecule has 0 amide bonds. The lowest BCUT2D eigenvalue weighted by atomic mass is 9.90. The van der Waals surface area contributed by atoms with Gasteiger partial charge >= 0.3 is 0 Å². The molecule has 0 spiro atoms. The minimum Gasteiger partial charge on any atom is -0.316 e. The summed E-state index contributed by atoms with van der Waals surface area (Å²) >= 11 is 5.59. The van der Waals surface area contributed by atoms with E-state index in [0.29, 0.717) is 11.2 Å². The van der Waals surface area contributed by atoms with Crippen LogP contribution in [-0.4, -0.2) is 47.4 Å². The van der Waals surface area contributed by atoms with Gasteiger partial charge in [-0.1, -0.05) is 30.3 Å². The lowest BCUT2D eigenvalue weighted by Gasteiger charge is -2.29. The van der Waals surface area contributed by atoms with E-state index in [1.54, 1.807) is 0 Å². The summed E-state index contributed by atoms with van der Waals surface area (Å²) in [4.78, 5) is 1.50. The molecule has 3 heterocycles. The van der Waals surface area contributed by atoms with Crippen LogP contribution < -0.4 is 4.90 Å². The van der Waals surface area contributed by atoms with Crippen LogP contribution in [0.15, 0.2) is 30.3 Å². The predicted octanol–water partition coefficient (Wildman–Crippen LogP) is 1.35. The SMILES string of the molecule is Cn1c([C@@H]2CCS(=O)(=O)C2)nn(C[NH+]2CCC(Cc3ccccc3)CC2)c1=S. The molecule has 6 nitrogen and oxygen atoms in total. The highest BCUT2D eigenvalue weighted by Crippen LogP contribution is 2.27. The second-order valence-electron chi connectivity index (χ2n) is 8.34. The van der Waals surface area contributed by atoms with Crippen molar-refractivity contribution in [2.24, 2.45) is 13.0 Å². The third-order valence-corrected chi connectivity index (χ3v) is 8.48. The molecule has 0 aliphatic carbocycles. The van der Waals surface area contributed by atoms with Crippen LogP contribution in [0.4, 0.5) is 0 Å². The summed E-state index contributed by atoms with van der Waals surface area (Å²) in [6.45, 7) is 3.02. The first-order valence-electron chi connectivity index (χ1n) is 10.1. The molecule has 28 heavy (non-hydrogen) atoms. The Kier molecular flexibility index (Phi) is 5.71. The summed E-state index contributed by atoms with van der Waals surface area (Å²) in [5.41, 5.74) is 1.43. The van der Waals surface area contributed by atoms with Crippen molar-refractivity contribution in [3.63, 3.8) is 0 Å². The molecular weight excluding hydrogens is 392 g/mol. The fourth-order valence-electron chi connectivity index (χ4n) is 4.57. The van der Waals surface area contributed by atoms with Crippen molar-refractivity contribution in [1.29, 1.82) is 0 Å². The molecule has 2 fully saturated rings. The second kappa shape index (κ2) is 8.08. The van der Waals surface area contributed by atoms with E-state index in [4.69, 9.17) is 17.3 Å². The maximum absolute atomic E-state index is 11.8. The number of likely N-dealkylation sites (tertiary alicyclic amines) is 1. The quantitative estimate of drug-likeness (QED) is 0.741. The number of nitrogens with one attached hydrogen (secondary N) is 1. The first-order chi connectivity index (χ1) is 13.4. The number of quaternary nitrogens is 1. The van der Waals surface area contributed by atoms with Gasteiger partial charge in [0.1, 0.15) is 5.82 Å². The van der Waals surface area contributed by atoms with E-state index in [1.807, 2.05) is 16.3 Å². The van der Waals surface area contributed by atoms with Crippen LogP contribution in [0.5, 0.6) is 0 Å². The topological polar surface area (TPSA) is 61.3 Å². The lowest BCUT2D eigenvalue weighted by molar-refractivity contribution is -0.929. The van der Waals surface area contributed by atoms with Crippen molar-refractivity contribution in [1.82, 2.24) is 14.3 Å². The normalized spacial score (nSPS) is 27.1. The Hall–Kier alpha value is -1.51. The van der Waals surface area contributed by atoms with Gasteiger partial charge in [0.25, 0.3) is 0 Å². The van der Waals surface area contributed by atoms with Gasteiger partial charge < -0.3 is 9.47 Å². The Morgan fingerprint density at radius 1 is 1.18 bits per heavy atom. The highest BCUT2D eigenvalue weighted by Gasteiger charge is 2.33. The minimum atomic E-state index is -2.93. The smallest absolute Gasteiger partial charge is 0.202 e. The molecule has 1 aromatic heterocycles. The minimum absolute atomic E-state index is 0.0236. The van der Waals surface area contributed by atoms with Crippen LogP contribution in [0.3, 0.4) is 0 Å². The zero-order chi connectivity index (χ0) is 19.7. The van der Waals surface area contributed by atoms with Crippen LogP contribution in [-0.2, 0) is 30.0 Å². The van der Waals surface area contributed by atoms with Crippen molar-refractivity contribution < 1.29 is 13.3 Å². The van der Waals surface area contributed by atoms with Gasteiger partial charge in [-0.2, -0.15) is 9.78 Å². The standard InChI is InChI=1S/C20H28N4O2S2/c1-22-19(18-9-12-28(25,26)14-18)21-24(20(22)27)15-23-10-7-17(8-11-23)13-16-5-3-2-4-6-16/h2-6,17-18H,7-15H2,1H3/p+1/t18-/m1/s1. The number of hydrogen-bond donors (Lipinski definition) is 1. The van der Waals surface area contributed by atoms with Gasteiger partial charge in [0.2, 0.25) is 4.77 Å². The first kappa shape index (κ1) is 19.8. The fourth-order valence-corrected chi connectivity index (χ4v) is 6.51. The number of nitrogens with zero attached hydrogens (tertiary/aromatic N) is 3. The predicted molar refractivity (Wildman–Crippen MR) is 112 cm³/mol. The third kappa shape index (κ3) is 4.39. The third-order valence-electron chi connectivity index (χ3n) is 6.22. The van der Waals surface area contributed by atoms with Gasteiger partial charge in [0.15, 0.2) is 16.5 Å². The molecule has 0 saturated carbocycles. The largest absolute Gasteiger partial charge is 0.316 e. The molecule has 1 N–H and O–H groups in total. The maximum Gasteiger partial charge on any atom is 0.202 e. The molecule has 152 valence electrons. The monoisotopic (exact) mass is 421 g/mol. The molecule has 1 atom stereocenters. The van der Waals surface area contributed by atoms with Crippen molar-refractivity contribution in [3.05, 3.63) is 46.5 Å². The molecule has 1 aromatic carbocycles. The van der Waals surface area contributed by atoms with Gasteiger partial charge in [0.05, 0.1) is 24.6 Å². The summed E-state index contributed by atoms with van der Waals surface area (Å²) in [7, 11) is -1.01. The van der Waals surface area contributed by atoms with Gasteiger partial charge in [-0.3, -0.25) is 0 Å². The average molecular weight is 422 g/mol. The molecular formula is C20H29N4O2S2+. The number of benzene rings is 1. The van der Waals surface area contributed by atoms with E-state index in [1.165, 1.54) is 23.3 Å². The average Bonchev–Trinajstić information content (AvgIpc) is 3.18. The lowest BCUT2D eigenvalue weighted by Crippen LogP contribution is -3.12. The summed E-state index contributed by atoms with van der Waals surface area (Å²) in [6, 6.07) is 10.7. The van der Waals surface area contributed by atoms with Gasteiger partial charge in [0, 0.05) is 13.0 Å². The molecule has 2 aromatic rings. The number of piperidine rings is 1. The molecule has 4 rings (SSSR count). The van der Waals surface area contributed by atoms with Crippen LogP contribution in [0, 0.1) is 10.7 Å². The Balaban J connectivity index is 1.37. The Labute approximate surface area is 172 Å². The second-order valence-corrected chi connectivity index (χ2v) is 10.9. The van der Waals surface area contributed by atoms with Crippen molar-refractivity contribution in [2.45, 2.75) is 38.3 Å². The van der Waals surface area contributed by atoms with Crippen LogP contribution in [0.1, 0.15) is 36.6 Å². The highest BCUT2D eigenvalue weighted by molar-refractivity contribution is 7.91. The van der Waals surface area contributed by atoms with Crippen molar-refractivity contribution >= 4 is 22.1 Å². The zero-order valence-corrected chi connectivity index (χ0v) is 18.0. The first-order valence-corrected chi connectivity index (χ1v) is 12.4. The number of hydrogen-bond acceptors (Lipinski definition) is 4. The molecule has 0 radical (unpaired) electrons. The van der Waals surface area contributed by atoms with Crippen molar-refractivity contribution in [3.8, 4) is 0 Å². The van der Waals surface area contributed by atoms with Gasteiger partial charge in [-0.15, -0.1) is 0 Å². The van der Waals surface area contributed by atoms with E-state index in [9.17, 15) is 8.42 Å². The Morgan fingerprint density at radius 2 is 1.89 bits per heavy atom. The van der Waals surface area contributed by atoms with Crippen LogP contribution in [0.25, 0.3) is 0 Å². The van der Waals surface area contributed by atoms with Gasteiger partial charge in [-0.05, 0) is 49.4 Å². The number of sulfone groups is 1. The molecule has 2 saturated heterocycles. The summed E-state index contributed by atoms with van der Waals surface area (Å²) in [5.74, 6) is 2.01. The summed E-state index contributed by atoms with van der Waals surface area (Å²) in [6.07, 6.45) is 4.26. The molecule has 0 bridgehead atoms. The Morgan fingerprint density at radius 3 is 2.54 bits per heavy atom. The van der Waals surface area contributed by atoms with Gasteiger partial charge in [-0.25, -0.2) is 8.42 Å². The number of aromatic nitrogens is 3. The van der Waals surface area contributed by atoms with E-state index >= 15 is 0 Å². The summed E-state index contributed by atoms with van der Waals surface area (Å²) < 4.78 is 28.1. The van der Waals surface area contributed by atoms with E-state index in [2.05, 4.69) is 30.3 Å². The fraction of sp³-hybridized carbons (Fsp3) is 0.600. The van der Waals surface area contributed by atoms with E-state index in [-0.39, 0.29) is 17.4 Å². The zero-order valence-electron chi connectivity index (χ0n) is 16.4.